The van der Waals surface area contributed by atoms with Crippen LogP contribution < -0.4 is 21.8 Å². The van der Waals surface area contributed by atoms with Crippen molar-refractivity contribution in [3.05, 3.63) is 41.7 Å². The number of amides is 3. The molecule has 0 spiro atoms. The van der Waals surface area contributed by atoms with Gasteiger partial charge in [-0.3, -0.25) is 10.0 Å². The average Bonchev–Trinajstić information content (AvgIpc) is 3.08. The van der Waals surface area contributed by atoms with Gasteiger partial charge in [0.1, 0.15) is 11.7 Å². The highest BCUT2D eigenvalue weighted by Gasteiger charge is 2.21. The number of carbonyl (C=O) groups excluding carboxylic acids is 2. The maximum atomic E-state index is 12.0. The molecule has 0 bridgehead atoms. The maximum absolute atomic E-state index is 12.0. The van der Waals surface area contributed by atoms with Crippen LogP contribution in [-0.4, -0.2) is 38.2 Å². The molecule has 3 amide bonds. The van der Waals surface area contributed by atoms with Crippen molar-refractivity contribution >= 4 is 17.6 Å². The van der Waals surface area contributed by atoms with Gasteiger partial charge in [-0.15, -0.1) is 5.10 Å². The van der Waals surface area contributed by atoms with E-state index in [1.807, 2.05) is 38.1 Å². The summed E-state index contributed by atoms with van der Waals surface area (Å²) in [4.78, 5) is 23.6. The summed E-state index contributed by atoms with van der Waals surface area (Å²) in [5, 5.41) is 21.9. The summed E-state index contributed by atoms with van der Waals surface area (Å²) in [7, 11) is 0. The third-order valence-electron chi connectivity index (χ3n) is 3.84. The third-order valence-corrected chi connectivity index (χ3v) is 3.84. The van der Waals surface area contributed by atoms with E-state index in [9.17, 15) is 9.59 Å². The summed E-state index contributed by atoms with van der Waals surface area (Å²) < 4.78 is 1.63. The normalized spacial score (nSPS) is 11.9. The number of hydroxylamine groups is 1. The fraction of sp³-hybridized carbons (Fsp3) is 0.412. The zero-order valence-electron chi connectivity index (χ0n) is 15.3. The number of carbonyl (C=O) groups is 2. The van der Waals surface area contributed by atoms with Gasteiger partial charge in [0.2, 0.25) is 0 Å². The molecule has 0 aliphatic rings. The number of urea groups is 1. The number of nitrogens with two attached hydrogens (primary N) is 1. The Hall–Kier alpha value is -3.14. The first-order chi connectivity index (χ1) is 12.9. The minimum Gasteiger partial charge on any atom is -0.398 e. The topological polar surface area (TPSA) is 147 Å². The zero-order chi connectivity index (χ0) is 19.8. The molecule has 2 aromatic rings. The minimum absolute atomic E-state index is 0.144. The third kappa shape index (κ3) is 6.26. The molecule has 1 heterocycles. The lowest BCUT2D eigenvalue weighted by Crippen LogP contribution is -2.49. The number of rotatable bonds is 8. The van der Waals surface area contributed by atoms with Gasteiger partial charge in [0.15, 0.2) is 0 Å². The molecule has 1 aromatic heterocycles. The summed E-state index contributed by atoms with van der Waals surface area (Å²) >= 11 is 0. The number of hydrogen-bond acceptors (Lipinski definition) is 6. The van der Waals surface area contributed by atoms with Crippen LogP contribution in [-0.2, 0) is 17.9 Å². The second kappa shape index (κ2) is 9.53. The Morgan fingerprint density at radius 3 is 2.70 bits per heavy atom. The van der Waals surface area contributed by atoms with Gasteiger partial charge in [0.05, 0.1) is 19.3 Å². The van der Waals surface area contributed by atoms with E-state index >= 15 is 0 Å². The van der Waals surface area contributed by atoms with Crippen LogP contribution in [0.5, 0.6) is 0 Å². The van der Waals surface area contributed by atoms with Crippen molar-refractivity contribution in [2.24, 2.45) is 5.92 Å². The lowest BCUT2D eigenvalue weighted by molar-refractivity contribution is -0.131. The van der Waals surface area contributed by atoms with E-state index < -0.39 is 18.0 Å². The molecule has 0 radical (unpaired) electrons. The van der Waals surface area contributed by atoms with Crippen LogP contribution in [0.4, 0.5) is 10.5 Å². The van der Waals surface area contributed by atoms with Crippen LogP contribution in [0.25, 0.3) is 0 Å². The van der Waals surface area contributed by atoms with E-state index in [2.05, 4.69) is 20.9 Å². The second-order valence-electron chi connectivity index (χ2n) is 6.59. The Morgan fingerprint density at radius 2 is 2.04 bits per heavy atom. The number of hydrogen-bond donors (Lipinski definition) is 5. The number of aromatic nitrogens is 3. The van der Waals surface area contributed by atoms with Crippen LogP contribution in [0.3, 0.4) is 0 Å². The lowest BCUT2D eigenvalue weighted by atomic mass is 10.0. The Kier molecular flexibility index (Phi) is 7.12. The van der Waals surface area contributed by atoms with Crippen LogP contribution in [0.15, 0.2) is 30.5 Å². The van der Waals surface area contributed by atoms with Gasteiger partial charge in [-0.2, -0.15) is 0 Å². The summed E-state index contributed by atoms with van der Waals surface area (Å²) in [5.74, 6) is -0.497. The van der Waals surface area contributed by atoms with Crippen molar-refractivity contribution in [2.45, 2.75) is 39.4 Å². The number of anilines is 1. The molecule has 1 atom stereocenters. The molecule has 2 rings (SSSR count). The van der Waals surface area contributed by atoms with Gasteiger partial charge in [0.25, 0.3) is 5.91 Å². The van der Waals surface area contributed by atoms with Crippen molar-refractivity contribution < 1.29 is 14.8 Å². The van der Waals surface area contributed by atoms with E-state index in [1.54, 1.807) is 16.4 Å². The van der Waals surface area contributed by atoms with Gasteiger partial charge < -0.3 is 16.4 Å². The first kappa shape index (κ1) is 20.2. The van der Waals surface area contributed by atoms with Crippen molar-refractivity contribution in [3.8, 4) is 0 Å². The predicted octanol–water partition coefficient (Wildman–Crippen LogP) is 0.628. The quantitative estimate of drug-likeness (QED) is 0.260. The number of para-hydroxylation sites is 1. The minimum atomic E-state index is -0.827. The molecule has 1 aromatic carbocycles. The lowest BCUT2D eigenvalue weighted by Gasteiger charge is -2.18. The largest absolute Gasteiger partial charge is 0.398 e. The van der Waals surface area contributed by atoms with E-state index in [4.69, 9.17) is 10.9 Å². The molecule has 0 saturated heterocycles. The maximum Gasteiger partial charge on any atom is 0.315 e. The van der Waals surface area contributed by atoms with E-state index in [0.717, 1.165) is 5.56 Å². The van der Waals surface area contributed by atoms with E-state index in [-0.39, 0.29) is 12.5 Å². The smallest absolute Gasteiger partial charge is 0.315 e. The van der Waals surface area contributed by atoms with Gasteiger partial charge >= 0.3 is 6.03 Å². The summed E-state index contributed by atoms with van der Waals surface area (Å²) in [6.07, 6.45) is 2.10. The molecule has 0 unspecified atom stereocenters. The van der Waals surface area contributed by atoms with E-state index in [0.29, 0.717) is 24.3 Å². The Labute approximate surface area is 157 Å². The molecular formula is C17H25N7O3. The Balaban J connectivity index is 1.87. The Morgan fingerprint density at radius 1 is 1.30 bits per heavy atom. The molecule has 0 aliphatic heterocycles. The molecular weight excluding hydrogens is 350 g/mol. The second-order valence-corrected chi connectivity index (χ2v) is 6.59. The first-order valence-electron chi connectivity index (χ1n) is 8.59. The highest BCUT2D eigenvalue weighted by Crippen LogP contribution is 2.11. The molecule has 0 aliphatic carbocycles. The molecule has 0 fully saturated rings. The molecule has 146 valence electrons. The number of nitrogens with zero attached hydrogens (tertiary/aromatic N) is 3. The zero-order valence-corrected chi connectivity index (χ0v) is 15.3. The van der Waals surface area contributed by atoms with Gasteiger partial charge in [-0.05, 0) is 24.0 Å². The van der Waals surface area contributed by atoms with Gasteiger partial charge in [0, 0.05) is 5.69 Å². The Bertz CT molecular complexity index is 775. The van der Waals surface area contributed by atoms with Crippen LogP contribution in [0.2, 0.25) is 0 Å². The monoisotopic (exact) mass is 375 g/mol. The number of nitrogens with one attached hydrogen (secondary N) is 3. The highest BCUT2D eigenvalue weighted by molar-refractivity contribution is 5.86. The summed E-state index contributed by atoms with van der Waals surface area (Å²) in [6.45, 7) is 4.44. The predicted molar refractivity (Wildman–Crippen MR) is 98.5 cm³/mol. The standard InChI is InChI=1S/C17H25N7O3/c1-11(2)7-15(16(25)22-27)20-17(26)19-8-13-10-24(23-21-13)9-12-5-3-4-6-14(12)18/h3-6,10-11,15,27H,7-9,18H2,1-2H3,(H,22,25)(H2,19,20,26)/t15-/m0/s1. The van der Waals surface area contributed by atoms with Crippen molar-refractivity contribution in [1.82, 2.24) is 31.1 Å². The van der Waals surface area contributed by atoms with Crippen LogP contribution >= 0.6 is 0 Å². The number of nitrogen functional groups attached to an aromatic ring is 1. The first-order valence-corrected chi connectivity index (χ1v) is 8.59. The average molecular weight is 375 g/mol. The SMILES string of the molecule is CC(C)C[C@H](NC(=O)NCc1cn(Cc2ccccc2N)nn1)C(=O)NO. The molecule has 10 nitrogen and oxygen atoms in total. The van der Waals surface area contributed by atoms with Gasteiger partial charge in [-0.1, -0.05) is 37.3 Å². The van der Waals surface area contributed by atoms with Crippen LogP contribution in [0, 0.1) is 5.92 Å². The molecule has 27 heavy (non-hydrogen) atoms. The molecule has 6 N–H and O–H groups in total. The fourth-order valence-corrected chi connectivity index (χ4v) is 2.51. The van der Waals surface area contributed by atoms with Crippen LogP contribution in [0.1, 0.15) is 31.5 Å². The van der Waals surface area contributed by atoms with Gasteiger partial charge in [-0.25, -0.2) is 15.0 Å². The molecule has 0 saturated carbocycles. The van der Waals surface area contributed by atoms with Crippen molar-refractivity contribution in [1.29, 1.82) is 0 Å². The van der Waals surface area contributed by atoms with E-state index in [1.165, 1.54) is 0 Å². The van der Waals surface area contributed by atoms with Crippen molar-refractivity contribution in [2.75, 3.05) is 5.73 Å². The highest BCUT2D eigenvalue weighted by atomic mass is 16.5. The summed E-state index contributed by atoms with van der Waals surface area (Å²) in [5.41, 5.74) is 9.63. The number of benzene rings is 1. The van der Waals surface area contributed by atoms with Crippen molar-refractivity contribution in [3.63, 3.8) is 0 Å². The molecule has 10 heteroatoms. The fourth-order valence-electron chi connectivity index (χ4n) is 2.51. The summed E-state index contributed by atoms with van der Waals surface area (Å²) in [6, 6.07) is 6.11.